The summed E-state index contributed by atoms with van der Waals surface area (Å²) in [4.78, 5) is 12.2. The predicted octanol–water partition coefficient (Wildman–Crippen LogP) is 1.38. The minimum Gasteiger partial charge on any atom is -0.325 e. The van der Waals surface area contributed by atoms with E-state index in [1.54, 1.807) is 24.3 Å². The molecule has 0 bridgehead atoms. The van der Waals surface area contributed by atoms with Crippen molar-refractivity contribution in [3.8, 4) is 0 Å². The SMILES string of the molecule is CC1CCNC(C(=O)Nc2cccc(NS(C)(=O)=O)c2)C1. The lowest BCUT2D eigenvalue weighted by Crippen LogP contribution is -2.45. The van der Waals surface area contributed by atoms with E-state index in [1.807, 2.05) is 0 Å². The Morgan fingerprint density at radius 3 is 2.71 bits per heavy atom. The van der Waals surface area contributed by atoms with E-state index in [-0.39, 0.29) is 11.9 Å². The Kier molecular flexibility index (Phi) is 4.84. The summed E-state index contributed by atoms with van der Waals surface area (Å²) in [6.07, 6.45) is 2.98. The van der Waals surface area contributed by atoms with Crippen molar-refractivity contribution in [1.29, 1.82) is 0 Å². The maximum absolute atomic E-state index is 12.2. The molecule has 0 saturated carbocycles. The summed E-state index contributed by atoms with van der Waals surface area (Å²) in [6, 6.07) is 6.47. The van der Waals surface area contributed by atoms with E-state index in [0.717, 1.165) is 25.6 Å². The Morgan fingerprint density at radius 2 is 2.05 bits per heavy atom. The molecule has 1 amide bonds. The fourth-order valence-electron chi connectivity index (χ4n) is 2.41. The second kappa shape index (κ2) is 6.44. The van der Waals surface area contributed by atoms with Gasteiger partial charge in [-0.2, -0.15) is 0 Å². The molecular weight excluding hydrogens is 290 g/mol. The molecule has 116 valence electrons. The minimum atomic E-state index is -3.33. The van der Waals surface area contributed by atoms with Crippen molar-refractivity contribution in [3.05, 3.63) is 24.3 Å². The maximum atomic E-state index is 12.2. The number of hydrogen-bond donors (Lipinski definition) is 3. The van der Waals surface area contributed by atoms with Crippen molar-refractivity contribution in [2.45, 2.75) is 25.8 Å². The van der Waals surface area contributed by atoms with Crippen LogP contribution < -0.4 is 15.4 Å². The van der Waals surface area contributed by atoms with Gasteiger partial charge in [0.15, 0.2) is 0 Å². The molecule has 21 heavy (non-hydrogen) atoms. The van der Waals surface area contributed by atoms with Crippen LogP contribution in [0.15, 0.2) is 24.3 Å². The molecule has 1 fully saturated rings. The summed E-state index contributed by atoms with van der Waals surface area (Å²) in [6.45, 7) is 2.98. The minimum absolute atomic E-state index is 0.0851. The highest BCUT2D eigenvalue weighted by Gasteiger charge is 2.24. The molecule has 0 spiro atoms. The number of hydrogen-bond acceptors (Lipinski definition) is 4. The first-order valence-corrected chi connectivity index (χ1v) is 8.85. The number of carbonyl (C=O) groups excluding carboxylic acids is 1. The summed E-state index contributed by atoms with van der Waals surface area (Å²) in [7, 11) is -3.33. The van der Waals surface area contributed by atoms with Crippen molar-refractivity contribution in [3.63, 3.8) is 0 Å². The van der Waals surface area contributed by atoms with Crippen LogP contribution in [0.3, 0.4) is 0 Å². The van der Waals surface area contributed by atoms with Crippen molar-refractivity contribution < 1.29 is 13.2 Å². The zero-order valence-electron chi connectivity index (χ0n) is 12.2. The van der Waals surface area contributed by atoms with Gasteiger partial charge in [-0.3, -0.25) is 9.52 Å². The third kappa shape index (κ3) is 5.02. The highest BCUT2D eigenvalue weighted by Crippen LogP contribution is 2.19. The van der Waals surface area contributed by atoms with E-state index in [4.69, 9.17) is 0 Å². The Morgan fingerprint density at radius 1 is 1.33 bits per heavy atom. The van der Waals surface area contributed by atoms with Crippen LogP contribution in [0.25, 0.3) is 0 Å². The van der Waals surface area contributed by atoms with Gasteiger partial charge in [0.05, 0.1) is 18.0 Å². The van der Waals surface area contributed by atoms with Gasteiger partial charge in [-0.15, -0.1) is 0 Å². The highest BCUT2D eigenvalue weighted by molar-refractivity contribution is 7.92. The first-order valence-electron chi connectivity index (χ1n) is 6.95. The van der Waals surface area contributed by atoms with E-state index >= 15 is 0 Å². The molecule has 3 N–H and O–H groups in total. The summed E-state index contributed by atoms with van der Waals surface area (Å²) in [5, 5.41) is 6.02. The van der Waals surface area contributed by atoms with Crippen LogP contribution >= 0.6 is 0 Å². The topological polar surface area (TPSA) is 87.3 Å². The first kappa shape index (κ1) is 15.8. The molecule has 2 rings (SSSR count). The molecule has 2 unspecified atom stereocenters. The molecule has 1 aliphatic rings. The van der Waals surface area contributed by atoms with Crippen molar-refractivity contribution >= 4 is 27.3 Å². The van der Waals surface area contributed by atoms with Crippen LogP contribution in [0.5, 0.6) is 0 Å². The molecule has 1 aromatic rings. The lowest BCUT2D eigenvalue weighted by Gasteiger charge is -2.27. The Labute approximate surface area is 125 Å². The van der Waals surface area contributed by atoms with Gasteiger partial charge in [0, 0.05) is 5.69 Å². The Hall–Kier alpha value is -1.60. The molecule has 1 aromatic carbocycles. The summed E-state index contributed by atoms with van der Waals surface area (Å²) in [5.74, 6) is 0.443. The van der Waals surface area contributed by atoms with Crippen LogP contribution in [0.1, 0.15) is 19.8 Å². The molecule has 7 heteroatoms. The van der Waals surface area contributed by atoms with Gasteiger partial charge in [0.1, 0.15) is 0 Å². The molecule has 0 radical (unpaired) electrons. The summed E-state index contributed by atoms with van der Waals surface area (Å²) in [5.41, 5.74) is 1.01. The number of sulfonamides is 1. The number of anilines is 2. The number of nitrogens with one attached hydrogen (secondary N) is 3. The van der Waals surface area contributed by atoms with Crippen LogP contribution in [0.4, 0.5) is 11.4 Å². The number of amides is 1. The van der Waals surface area contributed by atoms with Gasteiger partial charge >= 0.3 is 0 Å². The molecule has 0 aromatic heterocycles. The zero-order chi connectivity index (χ0) is 15.5. The van der Waals surface area contributed by atoms with Gasteiger partial charge in [-0.25, -0.2) is 8.42 Å². The average molecular weight is 311 g/mol. The van der Waals surface area contributed by atoms with Crippen LogP contribution in [-0.4, -0.2) is 33.2 Å². The average Bonchev–Trinajstić information content (AvgIpc) is 2.37. The number of benzene rings is 1. The van der Waals surface area contributed by atoms with Gasteiger partial charge in [0.25, 0.3) is 0 Å². The fourth-order valence-corrected chi connectivity index (χ4v) is 2.97. The van der Waals surface area contributed by atoms with Gasteiger partial charge < -0.3 is 10.6 Å². The fraction of sp³-hybridized carbons (Fsp3) is 0.500. The smallest absolute Gasteiger partial charge is 0.241 e. The highest BCUT2D eigenvalue weighted by atomic mass is 32.2. The van der Waals surface area contributed by atoms with E-state index in [0.29, 0.717) is 17.3 Å². The molecule has 0 aliphatic carbocycles. The second-order valence-electron chi connectivity index (χ2n) is 5.58. The molecule has 1 heterocycles. The third-order valence-corrected chi connectivity index (χ3v) is 4.02. The monoisotopic (exact) mass is 311 g/mol. The van der Waals surface area contributed by atoms with Crippen LogP contribution in [0, 0.1) is 5.92 Å². The number of piperidine rings is 1. The van der Waals surface area contributed by atoms with Crippen molar-refractivity contribution in [2.75, 3.05) is 22.8 Å². The lowest BCUT2D eigenvalue weighted by atomic mass is 9.94. The van der Waals surface area contributed by atoms with E-state index < -0.39 is 10.0 Å². The predicted molar refractivity (Wildman–Crippen MR) is 83.7 cm³/mol. The zero-order valence-corrected chi connectivity index (χ0v) is 13.0. The van der Waals surface area contributed by atoms with E-state index in [2.05, 4.69) is 22.3 Å². The lowest BCUT2D eigenvalue weighted by molar-refractivity contribution is -0.119. The van der Waals surface area contributed by atoms with E-state index in [9.17, 15) is 13.2 Å². The Bertz CT molecular complexity index is 616. The quantitative estimate of drug-likeness (QED) is 0.784. The molecule has 1 saturated heterocycles. The van der Waals surface area contributed by atoms with Crippen molar-refractivity contribution in [2.24, 2.45) is 5.92 Å². The second-order valence-corrected chi connectivity index (χ2v) is 7.33. The van der Waals surface area contributed by atoms with Gasteiger partial charge in [-0.05, 0) is 43.5 Å². The van der Waals surface area contributed by atoms with Crippen LogP contribution in [-0.2, 0) is 14.8 Å². The molecular formula is C14H21N3O3S. The normalized spacial score (nSPS) is 22.6. The Balaban J connectivity index is 2.02. The molecule has 1 aliphatic heterocycles. The summed E-state index contributed by atoms with van der Waals surface area (Å²) >= 11 is 0. The number of carbonyl (C=O) groups is 1. The van der Waals surface area contributed by atoms with Gasteiger partial charge in [-0.1, -0.05) is 13.0 Å². The van der Waals surface area contributed by atoms with Crippen LogP contribution in [0.2, 0.25) is 0 Å². The summed E-state index contributed by atoms with van der Waals surface area (Å²) < 4.78 is 24.8. The largest absolute Gasteiger partial charge is 0.325 e. The standard InChI is InChI=1S/C14H21N3O3S/c1-10-6-7-15-13(8-10)14(18)16-11-4-3-5-12(9-11)17-21(2,19)20/h3-5,9-10,13,15,17H,6-8H2,1-2H3,(H,16,18). The molecule has 2 atom stereocenters. The van der Waals surface area contributed by atoms with Crippen molar-refractivity contribution in [1.82, 2.24) is 5.32 Å². The van der Waals surface area contributed by atoms with E-state index in [1.165, 1.54) is 0 Å². The number of rotatable bonds is 4. The molecule has 6 nitrogen and oxygen atoms in total. The van der Waals surface area contributed by atoms with Gasteiger partial charge in [0.2, 0.25) is 15.9 Å². The third-order valence-electron chi connectivity index (χ3n) is 3.42. The first-order chi connectivity index (χ1) is 9.83. The maximum Gasteiger partial charge on any atom is 0.241 e.